The van der Waals surface area contributed by atoms with Crippen LogP contribution in [0.3, 0.4) is 0 Å². The Morgan fingerprint density at radius 3 is 2.70 bits per heavy atom. The second kappa shape index (κ2) is 4.58. The molecule has 1 aliphatic heterocycles. The van der Waals surface area contributed by atoms with Crippen molar-refractivity contribution in [3.8, 4) is 0 Å². The molecule has 106 valence electrons. The first-order valence-corrected chi connectivity index (χ1v) is 5.71. The summed E-state index contributed by atoms with van der Waals surface area (Å²) in [6.45, 7) is 0. The van der Waals surface area contributed by atoms with E-state index in [9.17, 15) is 20.3 Å². The number of hydrogen-bond donors (Lipinski definition) is 3. The van der Waals surface area contributed by atoms with Crippen molar-refractivity contribution in [2.75, 3.05) is 19.0 Å². The second-order valence-electron chi connectivity index (χ2n) is 4.34. The van der Waals surface area contributed by atoms with Gasteiger partial charge in [0.2, 0.25) is 0 Å². The van der Waals surface area contributed by atoms with Crippen LogP contribution in [-0.4, -0.2) is 41.4 Å². The summed E-state index contributed by atoms with van der Waals surface area (Å²) in [5.74, 6) is -2.47. The number of aliphatic imine (C=N–C) groups is 1. The molecule has 0 amide bonds. The minimum Gasteiger partial charge on any atom is -0.398 e. The van der Waals surface area contributed by atoms with Gasteiger partial charge in [-0.25, -0.2) is 0 Å². The van der Waals surface area contributed by atoms with Crippen molar-refractivity contribution < 1.29 is 15.1 Å². The third-order valence-corrected chi connectivity index (χ3v) is 3.21. The first-order valence-electron chi connectivity index (χ1n) is 5.71. The number of para-hydroxylation sites is 1. The first kappa shape index (κ1) is 14.0. The molecule has 0 spiro atoms. The lowest BCUT2D eigenvalue weighted by atomic mass is 9.95. The molecule has 4 N–H and O–H groups in total. The lowest BCUT2D eigenvalue weighted by molar-refractivity contribution is -0.384. The zero-order valence-electron chi connectivity index (χ0n) is 10.9. The molecule has 1 aromatic carbocycles. The Morgan fingerprint density at radius 2 is 2.15 bits per heavy atom. The average Bonchev–Trinajstić information content (AvgIpc) is 2.40. The zero-order chi connectivity index (χ0) is 15.1. The number of anilines is 1. The molecular weight excluding hydrogens is 264 g/mol. The van der Waals surface area contributed by atoms with E-state index in [0.29, 0.717) is 5.56 Å². The number of aliphatic hydroxyl groups is 2. The molecule has 0 bridgehead atoms. The van der Waals surface area contributed by atoms with Gasteiger partial charge >= 0.3 is 0 Å². The van der Waals surface area contributed by atoms with Crippen molar-refractivity contribution in [3.63, 3.8) is 0 Å². The van der Waals surface area contributed by atoms with E-state index in [4.69, 9.17) is 5.73 Å². The van der Waals surface area contributed by atoms with E-state index in [2.05, 4.69) is 4.99 Å². The average molecular weight is 278 g/mol. The molecule has 0 atom stereocenters. The van der Waals surface area contributed by atoms with Gasteiger partial charge in [-0.2, -0.15) is 0 Å². The predicted molar refractivity (Wildman–Crippen MR) is 74.2 cm³/mol. The third kappa shape index (κ3) is 1.82. The molecule has 20 heavy (non-hydrogen) atoms. The maximum Gasteiger partial charge on any atom is 0.293 e. The molecule has 0 aromatic heterocycles. The lowest BCUT2D eigenvalue weighted by Crippen LogP contribution is -2.52. The van der Waals surface area contributed by atoms with Crippen LogP contribution in [0.4, 0.5) is 11.4 Å². The zero-order valence-corrected chi connectivity index (χ0v) is 10.9. The summed E-state index contributed by atoms with van der Waals surface area (Å²) >= 11 is 0. The molecule has 8 heteroatoms. The van der Waals surface area contributed by atoms with E-state index in [1.807, 2.05) is 0 Å². The van der Waals surface area contributed by atoms with E-state index in [1.54, 1.807) is 6.07 Å². The van der Waals surface area contributed by atoms with E-state index in [-0.39, 0.29) is 22.6 Å². The number of fused-ring (bicyclic) bond motifs is 1. The molecule has 1 aromatic rings. The van der Waals surface area contributed by atoms with Gasteiger partial charge < -0.3 is 20.8 Å². The fourth-order valence-corrected chi connectivity index (χ4v) is 2.20. The second-order valence-corrected chi connectivity index (χ2v) is 4.34. The molecule has 0 saturated carbocycles. The largest absolute Gasteiger partial charge is 0.398 e. The van der Waals surface area contributed by atoms with Gasteiger partial charge in [-0.15, -0.1) is 0 Å². The highest BCUT2D eigenvalue weighted by Crippen LogP contribution is 2.42. The van der Waals surface area contributed by atoms with Crippen LogP contribution >= 0.6 is 0 Å². The van der Waals surface area contributed by atoms with Gasteiger partial charge in [0.1, 0.15) is 5.69 Å². The Bertz CT molecular complexity index is 636. The first-order chi connectivity index (χ1) is 9.32. The predicted octanol–water partition coefficient (Wildman–Crippen LogP) is 0.0534. The van der Waals surface area contributed by atoms with Gasteiger partial charge in [0.15, 0.2) is 0 Å². The van der Waals surface area contributed by atoms with Crippen LogP contribution < -0.4 is 10.6 Å². The van der Waals surface area contributed by atoms with Crippen LogP contribution in [0.2, 0.25) is 0 Å². The molecule has 1 heterocycles. The molecule has 0 aliphatic carbocycles. The number of benzene rings is 1. The van der Waals surface area contributed by atoms with Crippen molar-refractivity contribution in [1.29, 1.82) is 0 Å². The highest BCUT2D eigenvalue weighted by atomic mass is 16.6. The van der Waals surface area contributed by atoms with E-state index >= 15 is 0 Å². The van der Waals surface area contributed by atoms with Gasteiger partial charge in [0.25, 0.3) is 11.6 Å². The van der Waals surface area contributed by atoms with Gasteiger partial charge in [-0.3, -0.25) is 15.1 Å². The van der Waals surface area contributed by atoms with Crippen LogP contribution in [0, 0.1) is 10.1 Å². The Morgan fingerprint density at radius 1 is 1.50 bits per heavy atom. The Labute approximate surface area is 114 Å². The number of nitrogens with zero attached hydrogens (tertiary/aromatic N) is 3. The van der Waals surface area contributed by atoms with Gasteiger partial charge in [-0.05, 0) is 0 Å². The van der Waals surface area contributed by atoms with Crippen LogP contribution in [0.1, 0.15) is 5.56 Å². The minimum absolute atomic E-state index is 0.0319. The number of rotatable bonds is 2. The monoisotopic (exact) mass is 278 g/mol. The Balaban J connectivity index is 2.83. The summed E-state index contributed by atoms with van der Waals surface area (Å²) in [6.07, 6.45) is 1.22. The van der Waals surface area contributed by atoms with Crippen molar-refractivity contribution in [2.24, 2.45) is 10.7 Å². The summed E-state index contributed by atoms with van der Waals surface area (Å²) in [5, 5.41) is 31.4. The van der Waals surface area contributed by atoms with Gasteiger partial charge in [-0.1, -0.05) is 12.1 Å². The van der Waals surface area contributed by atoms with E-state index in [1.165, 1.54) is 32.4 Å². The van der Waals surface area contributed by atoms with Crippen molar-refractivity contribution >= 4 is 23.3 Å². The number of likely N-dealkylation sites (N-methyl/N-ethyl adjacent to an activating group) is 1. The summed E-state index contributed by atoms with van der Waals surface area (Å²) in [7, 11) is 2.79. The summed E-state index contributed by atoms with van der Waals surface area (Å²) in [6, 6.07) is 4.34. The maximum atomic E-state index is 11.1. The SMILES string of the molecule is CN=CC1=C(N)c2cccc([N+](=O)[O-])c2N(C)C1(O)O. The highest BCUT2D eigenvalue weighted by Gasteiger charge is 2.43. The Kier molecular flexibility index (Phi) is 3.20. The third-order valence-electron chi connectivity index (χ3n) is 3.21. The molecule has 0 fully saturated rings. The van der Waals surface area contributed by atoms with Crippen LogP contribution in [0.15, 0.2) is 28.8 Å². The summed E-state index contributed by atoms with van der Waals surface area (Å²) in [4.78, 5) is 15.2. The van der Waals surface area contributed by atoms with Gasteiger partial charge in [0, 0.05) is 31.9 Å². The Hall–Kier alpha value is -2.45. The minimum atomic E-state index is -2.47. The fourth-order valence-electron chi connectivity index (χ4n) is 2.20. The number of nitro groups is 1. The van der Waals surface area contributed by atoms with E-state index < -0.39 is 10.8 Å². The molecule has 1 aliphatic rings. The van der Waals surface area contributed by atoms with Crippen molar-refractivity contribution in [1.82, 2.24) is 0 Å². The highest BCUT2D eigenvalue weighted by molar-refractivity contribution is 5.99. The molecule has 0 radical (unpaired) electrons. The molecule has 0 saturated heterocycles. The smallest absolute Gasteiger partial charge is 0.293 e. The maximum absolute atomic E-state index is 11.1. The van der Waals surface area contributed by atoms with Gasteiger partial charge in [0.05, 0.1) is 16.2 Å². The molecular formula is C12H14N4O4. The van der Waals surface area contributed by atoms with Crippen LogP contribution in [-0.2, 0) is 0 Å². The van der Waals surface area contributed by atoms with Crippen LogP contribution in [0.25, 0.3) is 5.70 Å². The number of nitro benzene ring substituents is 1. The topological polar surface area (TPSA) is 125 Å². The fraction of sp³-hybridized carbons (Fsp3) is 0.250. The van der Waals surface area contributed by atoms with E-state index in [0.717, 1.165) is 4.90 Å². The standard InChI is InChI=1S/C12H14N4O4/c1-14-6-8-10(13)7-4-3-5-9(16(19)20)11(7)15(2)12(8,17)18/h3-6,17-18H,13H2,1-2H3. The lowest BCUT2D eigenvalue weighted by Gasteiger charge is -2.39. The quantitative estimate of drug-likeness (QED) is 0.304. The van der Waals surface area contributed by atoms with Crippen molar-refractivity contribution in [3.05, 3.63) is 39.4 Å². The molecule has 8 nitrogen and oxygen atoms in total. The summed E-state index contributed by atoms with van der Waals surface area (Å²) < 4.78 is 0. The normalized spacial score (nSPS) is 17.5. The molecule has 0 unspecified atom stereocenters. The van der Waals surface area contributed by atoms with Crippen LogP contribution in [0.5, 0.6) is 0 Å². The molecule has 2 rings (SSSR count). The summed E-state index contributed by atoms with van der Waals surface area (Å²) in [5.41, 5.74) is 6.06. The number of hydrogen-bond acceptors (Lipinski definition) is 7. The van der Waals surface area contributed by atoms with Crippen molar-refractivity contribution in [2.45, 2.75) is 5.91 Å². The number of nitrogens with two attached hydrogens (primary N) is 1.